The highest BCUT2D eigenvalue weighted by Crippen LogP contribution is 2.16. The number of thiazole rings is 1. The van der Waals surface area contributed by atoms with Gasteiger partial charge in [0.1, 0.15) is 5.01 Å². The van der Waals surface area contributed by atoms with Crippen LogP contribution in [0.4, 0.5) is 0 Å². The molecule has 160 valence electrons. The molecule has 1 fully saturated rings. The summed E-state index contributed by atoms with van der Waals surface area (Å²) >= 11 is 1.72. The van der Waals surface area contributed by atoms with Gasteiger partial charge in [-0.1, -0.05) is 24.3 Å². The van der Waals surface area contributed by atoms with E-state index in [-0.39, 0.29) is 24.0 Å². The molecule has 0 aliphatic carbocycles. The van der Waals surface area contributed by atoms with E-state index < -0.39 is 0 Å². The fourth-order valence-electron chi connectivity index (χ4n) is 3.07. The summed E-state index contributed by atoms with van der Waals surface area (Å²) in [5.74, 6) is 0.773. The molecule has 2 N–H and O–H groups in total. The van der Waals surface area contributed by atoms with E-state index in [0.717, 1.165) is 42.7 Å². The van der Waals surface area contributed by atoms with Crippen LogP contribution < -0.4 is 10.6 Å². The molecule has 29 heavy (non-hydrogen) atoms. The number of aliphatic imine (C=N–C) groups is 1. The largest absolute Gasteiger partial charge is 0.381 e. The second kappa shape index (κ2) is 12.5. The lowest BCUT2D eigenvalue weighted by Gasteiger charge is -2.22. The van der Waals surface area contributed by atoms with E-state index >= 15 is 0 Å². The lowest BCUT2D eigenvalue weighted by Crippen LogP contribution is -2.36. The summed E-state index contributed by atoms with van der Waals surface area (Å²) < 4.78 is 11.4. The van der Waals surface area contributed by atoms with Gasteiger partial charge in [-0.3, -0.25) is 4.99 Å². The number of guanidine groups is 1. The van der Waals surface area contributed by atoms with Crippen LogP contribution >= 0.6 is 35.3 Å². The van der Waals surface area contributed by atoms with Crippen LogP contribution in [0.2, 0.25) is 0 Å². The van der Waals surface area contributed by atoms with E-state index in [0.29, 0.717) is 25.8 Å². The molecule has 0 amide bonds. The first-order valence-corrected chi connectivity index (χ1v) is 10.6. The first-order valence-electron chi connectivity index (χ1n) is 9.78. The van der Waals surface area contributed by atoms with E-state index in [2.05, 4.69) is 51.8 Å². The van der Waals surface area contributed by atoms with Crippen LogP contribution in [0.1, 0.15) is 39.5 Å². The third-order valence-corrected chi connectivity index (χ3v) is 5.88. The number of ether oxygens (including phenoxy) is 2. The minimum atomic E-state index is 0. The van der Waals surface area contributed by atoms with E-state index in [4.69, 9.17) is 9.47 Å². The molecule has 0 spiro atoms. The number of halogens is 1. The van der Waals surface area contributed by atoms with Crippen LogP contribution in [0.25, 0.3) is 0 Å². The summed E-state index contributed by atoms with van der Waals surface area (Å²) in [6.45, 7) is 7.79. The first kappa shape index (κ1) is 24.0. The SMILES string of the molecule is CN=C(NCc1cccc(COC2CCOCC2)c1)NCc1nc(C)c(C)s1.I. The predicted molar refractivity (Wildman–Crippen MR) is 129 cm³/mol. The number of aryl methyl sites for hydroxylation is 2. The van der Waals surface area contributed by atoms with Crippen LogP contribution in [-0.2, 0) is 29.2 Å². The van der Waals surface area contributed by atoms with Gasteiger partial charge in [0.05, 0.1) is 24.9 Å². The van der Waals surface area contributed by atoms with Gasteiger partial charge >= 0.3 is 0 Å². The topological polar surface area (TPSA) is 67.8 Å². The fourth-order valence-corrected chi connectivity index (χ4v) is 3.94. The van der Waals surface area contributed by atoms with Crippen molar-refractivity contribution in [3.63, 3.8) is 0 Å². The van der Waals surface area contributed by atoms with Crippen molar-refractivity contribution in [1.82, 2.24) is 15.6 Å². The molecular formula is C21H31IN4O2S. The number of hydrogen-bond acceptors (Lipinski definition) is 5. The quantitative estimate of drug-likeness (QED) is 0.323. The summed E-state index contributed by atoms with van der Waals surface area (Å²) in [5.41, 5.74) is 3.50. The minimum absolute atomic E-state index is 0. The van der Waals surface area contributed by atoms with Gasteiger partial charge in [0.25, 0.3) is 0 Å². The number of rotatable bonds is 7. The number of nitrogens with zero attached hydrogens (tertiary/aromatic N) is 2. The Morgan fingerprint density at radius 1 is 1.21 bits per heavy atom. The summed E-state index contributed by atoms with van der Waals surface area (Å²) in [6, 6.07) is 8.50. The Bertz CT molecular complexity index is 771. The molecule has 0 unspecified atom stereocenters. The molecular weight excluding hydrogens is 499 g/mol. The molecule has 6 nitrogen and oxygen atoms in total. The summed E-state index contributed by atoms with van der Waals surface area (Å²) in [5, 5.41) is 7.77. The summed E-state index contributed by atoms with van der Waals surface area (Å²) in [4.78, 5) is 10.1. The second-order valence-electron chi connectivity index (χ2n) is 6.97. The zero-order valence-corrected chi connectivity index (χ0v) is 20.5. The van der Waals surface area contributed by atoms with Gasteiger partial charge in [0.15, 0.2) is 5.96 Å². The van der Waals surface area contributed by atoms with Crippen LogP contribution in [0.15, 0.2) is 29.3 Å². The molecule has 3 rings (SSSR count). The number of nitrogens with one attached hydrogen (secondary N) is 2. The third kappa shape index (κ3) is 7.84. The second-order valence-corrected chi connectivity index (χ2v) is 8.26. The maximum atomic E-state index is 6.03. The Labute approximate surface area is 194 Å². The van der Waals surface area contributed by atoms with Gasteiger partial charge in [-0.15, -0.1) is 35.3 Å². The van der Waals surface area contributed by atoms with Crippen molar-refractivity contribution in [1.29, 1.82) is 0 Å². The molecule has 0 atom stereocenters. The molecule has 1 saturated heterocycles. The monoisotopic (exact) mass is 530 g/mol. The molecule has 0 radical (unpaired) electrons. The van der Waals surface area contributed by atoms with Crippen LogP contribution in [0, 0.1) is 13.8 Å². The molecule has 8 heteroatoms. The van der Waals surface area contributed by atoms with Crippen molar-refractivity contribution in [3.8, 4) is 0 Å². The molecule has 1 aliphatic rings. The minimum Gasteiger partial charge on any atom is -0.381 e. The molecule has 2 heterocycles. The average molecular weight is 530 g/mol. The molecule has 2 aromatic rings. The molecule has 1 aromatic heterocycles. The number of hydrogen-bond donors (Lipinski definition) is 2. The predicted octanol–water partition coefficient (Wildman–Crippen LogP) is 3.94. The van der Waals surface area contributed by atoms with E-state index in [1.807, 2.05) is 6.92 Å². The summed E-state index contributed by atoms with van der Waals surface area (Å²) in [7, 11) is 1.78. The highest BCUT2D eigenvalue weighted by Gasteiger charge is 2.14. The van der Waals surface area contributed by atoms with Gasteiger partial charge in [-0.2, -0.15) is 0 Å². The normalized spacial score (nSPS) is 15.1. The Morgan fingerprint density at radius 3 is 2.62 bits per heavy atom. The lowest BCUT2D eigenvalue weighted by molar-refractivity contribution is -0.0390. The van der Waals surface area contributed by atoms with Crippen LogP contribution in [0.3, 0.4) is 0 Å². The van der Waals surface area contributed by atoms with Crippen molar-refractivity contribution in [2.75, 3.05) is 20.3 Å². The Hall–Kier alpha value is -1.23. The van der Waals surface area contributed by atoms with Gasteiger partial charge in [0, 0.05) is 31.7 Å². The van der Waals surface area contributed by atoms with Crippen molar-refractivity contribution in [3.05, 3.63) is 51.0 Å². The maximum absolute atomic E-state index is 6.03. The van der Waals surface area contributed by atoms with Crippen LogP contribution in [0.5, 0.6) is 0 Å². The lowest BCUT2D eigenvalue weighted by atomic mass is 10.1. The standard InChI is InChI=1S/C21H30N4O2S.HI/c1-15-16(2)28-20(25-15)13-24-21(22-3)23-12-17-5-4-6-18(11-17)14-27-19-7-9-26-10-8-19;/h4-6,11,19H,7-10,12-14H2,1-3H3,(H2,22,23,24);1H. The summed E-state index contributed by atoms with van der Waals surface area (Å²) in [6.07, 6.45) is 2.29. The zero-order valence-electron chi connectivity index (χ0n) is 17.4. The van der Waals surface area contributed by atoms with Crippen molar-refractivity contribution in [2.45, 2.75) is 52.5 Å². The highest BCUT2D eigenvalue weighted by molar-refractivity contribution is 14.0. The number of benzene rings is 1. The van der Waals surface area contributed by atoms with E-state index in [9.17, 15) is 0 Å². The molecule has 0 bridgehead atoms. The maximum Gasteiger partial charge on any atom is 0.191 e. The van der Waals surface area contributed by atoms with Gasteiger partial charge < -0.3 is 20.1 Å². The van der Waals surface area contributed by atoms with Crippen LogP contribution in [-0.4, -0.2) is 37.3 Å². The molecule has 1 aliphatic heterocycles. The molecule has 1 aromatic carbocycles. The van der Waals surface area contributed by atoms with Gasteiger partial charge in [-0.05, 0) is 37.8 Å². The highest BCUT2D eigenvalue weighted by atomic mass is 127. The third-order valence-electron chi connectivity index (χ3n) is 4.81. The first-order chi connectivity index (χ1) is 13.6. The average Bonchev–Trinajstić information content (AvgIpc) is 3.05. The van der Waals surface area contributed by atoms with E-state index in [1.165, 1.54) is 16.0 Å². The number of aromatic nitrogens is 1. The Kier molecular flexibility index (Phi) is 10.3. The van der Waals surface area contributed by atoms with E-state index in [1.54, 1.807) is 18.4 Å². The van der Waals surface area contributed by atoms with Crippen molar-refractivity contribution >= 4 is 41.3 Å². The smallest absolute Gasteiger partial charge is 0.191 e. The fraction of sp³-hybridized carbons (Fsp3) is 0.524. The molecule has 0 saturated carbocycles. The van der Waals surface area contributed by atoms with Gasteiger partial charge in [0.2, 0.25) is 0 Å². The van der Waals surface area contributed by atoms with Crippen molar-refractivity contribution < 1.29 is 9.47 Å². The zero-order chi connectivity index (χ0) is 19.8. The van der Waals surface area contributed by atoms with Crippen molar-refractivity contribution in [2.24, 2.45) is 4.99 Å². The Morgan fingerprint density at radius 2 is 1.93 bits per heavy atom. The van der Waals surface area contributed by atoms with Gasteiger partial charge in [-0.25, -0.2) is 4.98 Å². The Balaban J connectivity index is 0.00000300.